The Morgan fingerprint density at radius 2 is 1.95 bits per heavy atom. The van der Waals surface area contributed by atoms with E-state index < -0.39 is 0 Å². The average Bonchev–Trinajstić information content (AvgIpc) is 3.51. The maximum Gasteiger partial charge on any atom is 0.223 e. The molecule has 0 bridgehead atoms. The number of hydrogen-bond donors (Lipinski definition) is 3. The van der Waals surface area contributed by atoms with Crippen molar-refractivity contribution in [2.75, 3.05) is 0 Å². The standard InChI is InChI=1S/C28H24FN7O/c1-4-24(37)31-16(2)13-18(15-30-3)21-11-12-23-26(32-21)27(36-35-23)28-33-22-10-6-9-20(25(22)34-28)17-7-5-8-19(29)14-17/h5-15H,3-4H2,1-2H3,(H,31,37)(H,33,34)(H,35,36)/b16-13+,18-15+. The van der Waals surface area contributed by atoms with Crippen LogP contribution < -0.4 is 5.32 Å². The van der Waals surface area contributed by atoms with Gasteiger partial charge in [-0.1, -0.05) is 31.2 Å². The van der Waals surface area contributed by atoms with Crippen molar-refractivity contribution in [3.8, 4) is 22.6 Å². The van der Waals surface area contributed by atoms with Crippen LogP contribution in [-0.4, -0.2) is 37.8 Å². The first-order valence-electron chi connectivity index (χ1n) is 11.7. The fourth-order valence-corrected chi connectivity index (χ4v) is 4.11. The zero-order valence-corrected chi connectivity index (χ0v) is 20.3. The molecule has 0 aliphatic heterocycles. The number of carbonyl (C=O) groups excluding carboxylic acids is 1. The Balaban J connectivity index is 1.59. The molecule has 3 aromatic heterocycles. The summed E-state index contributed by atoms with van der Waals surface area (Å²) in [6, 6.07) is 15.9. The second-order valence-corrected chi connectivity index (χ2v) is 8.46. The number of aromatic nitrogens is 5. The van der Waals surface area contributed by atoms with Crippen molar-refractivity contribution in [2.24, 2.45) is 4.99 Å². The van der Waals surface area contributed by atoms with Gasteiger partial charge in [0.05, 0.1) is 22.2 Å². The molecular formula is C28H24FN7O. The van der Waals surface area contributed by atoms with E-state index in [-0.39, 0.29) is 11.7 Å². The predicted octanol–water partition coefficient (Wildman–Crippen LogP) is 5.78. The molecule has 0 atom stereocenters. The van der Waals surface area contributed by atoms with Gasteiger partial charge in [-0.15, -0.1) is 0 Å². The highest BCUT2D eigenvalue weighted by Crippen LogP contribution is 2.31. The fraction of sp³-hybridized carbons (Fsp3) is 0.107. The second-order valence-electron chi connectivity index (χ2n) is 8.46. The molecule has 3 heterocycles. The number of aromatic amines is 2. The topological polar surface area (TPSA) is 112 Å². The van der Waals surface area contributed by atoms with Crippen LogP contribution >= 0.6 is 0 Å². The molecule has 5 rings (SSSR count). The Morgan fingerprint density at radius 3 is 2.73 bits per heavy atom. The molecule has 0 fully saturated rings. The molecule has 5 aromatic rings. The lowest BCUT2D eigenvalue weighted by Crippen LogP contribution is -2.19. The van der Waals surface area contributed by atoms with Crippen LogP contribution in [0.2, 0.25) is 0 Å². The summed E-state index contributed by atoms with van der Waals surface area (Å²) in [5.74, 6) is 0.142. The number of aliphatic imine (C=N–C) groups is 1. The number of carbonyl (C=O) groups is 1. The summed E-state index contributed by atoms with van der Waals surface area (Å²) in [6.07, 6.45) is 3.76. The molecule has 0 aliphatic rings. The van der Waals surface area contributed by atoms with Gasteiger partial charge in [0, 0.05) is 29.5 Å². The number of halogens is 1. The predicted molar refractivity (Wildman–Crippen MR) is 144 cm³/mol. The maximum atomic E-state index is 13.9. The molecule has 3 N–H and O–H groups in total. The van der Waals surface area contributed by atoms with E-state index in [0.717, 1.165) is 22.2 Å². The number of benzene rings is 2. The van der Waals surface area contributed by atoms with Gasteiger partial charge in [-0.3, -0.25) is 14.9 Å². The van der Waals surface area contributed by atoms with E-state index in [9.17, 15) is 9.18 Å². The van der Waals surface area contributed by atoms with E-state index in [1.54, 1.807) is 32.2 Å². The van der Waals surface area contributed by atoms with Crippen LogP contribution in [-0.2, 0) is 4.79 Å². The van der Waals surface area contributed by atoms with Crippen LogP contribution in [0.3, 0.4) is 0 Å². The van der Waals surface area contributed by atoms with E-state index in [1.807, 2.05) is 36.4 Å². The number of nitrogens with one attached hydrogen (secondary N) is 3. The summed E-state index contributed by atoms with van der Waals surface area (Å²) < 4.78 is 13.9. The molecule has 0 unspecified atom stereocenters. The number of fused-ring (bicyclic) bond motifs is 2. The SMILES string of the molecule is C=N/C=C(\C=C(/C)NC(=O)CC)c1ccc2[nH]nc(-c3nc4c(-c5cccc(F)c5)cccc4[nH]3)c2n1. The summed E-state index contributed by atoms with van der Waals surface area (Å²) in [4.78, 5) is 28.6. The molecule has 2 aromatic carbocycles. The summed E-state index contributed by atoms with van der Waals surface area (Å²) >= 11 is 0. The van der Waals surface area contributed by atoms with Crippen molar-refractivity contribution in [3.63, 3.8) is 0 Å². The molecule has 0 aliphatic carbocycles. The van der Waals surface area contributed by atoms with E-state index in [2.05, 4.69) is 32.2 Å². The van der Waals surface area contributed by atoms with Crippen LogP contribution in [0.5, 0.6) is 0 Å². The maximum absolute atomic E-state index is 13.9. The van der Waals surface area contributed by atoms with Gasteiger partial charge in [0.25, 0.3) is 0 Å². The van der Waals surface area contributed by atoms with Gasteiger partial charge in [-0.25, -0.2) is 14.4 Å². The molecule has 37 heavy (non-hydrogen) atoms. The average molecular weight is 494 g/mol. The van der Waals surface area contributed by atoms with Gasteiger partial charge in [0.2, 0.25) is 5.91 Å². The zero-order valence-electron chi connectivity index (χ0n) is 20.3. The molecule has 0 spiro atoms. The summed E-state index contributed by atoms with van der Waals surface area (Å²) in [6.45, 7) is 7.16. The minimum absolute atomic E-state index is 0.0808. The van der Waals surface area contributed by atoms with Crippen LogP contribution in [0.1, 0.15) is 26.0 Å². The molecule has 0 saturated heterocycles. The highest BCUT2D eigenvalue weighted by atomic mass is 19.1. The highest BCUT2D eigenvalue weighted by Gasteiger charge is 2.17. The Labute approximate surface area is 212 Å². The fourth-order valence-electron chi connectivity index (χ4n) is 4.11. The second kappa shape index (κ2) is 9.98. The summed E-state index contributed by atoms with van der Waals surface area (Å²) in [5, 5.41) is 10.3. The van der Waals surface area contributed by atoms with Crippen LogP contribution in [0, 0.1) is 5.82 Å². The lowest BCUT2D eigenvalue weighted by atomic mass is 10.0. The van der Waals surface area contributed by atoms with Gasteiger partial charge >= 0.3 is 0 Å². The number of hydrogen-bond acceptors (Lipinski definition) is 5. The molecule has 0 radical (unpaired) electrons. The quantitative estimate of drug-likeness (QED) is 0.197. The summed E-state index contributed by atoms with van der Waals surface area (Å²) in [5.41, 5.74) is 6.91. The number of para-hydroxylation sites is 1. The van der Waals surface area contributed by atoms with Gasteiger partial charge < -0.3 is 10.3 Å². The summed E-state index contributed by atoms with van der Waals surface area (Å²) in [7, 11) is 0. The van der Waals surface area contributed by atoms with Crippen molar-refractivity contribution in [2.45, 2.75) is 20.3 Å². The van der Waals surface area contributed by atoms with Crippen molar-refractivity contribution < 1.29 is 9.18 Å². The van der Waals surface area contributed by atoms with Crippen molar-refractivity contribution >= 4 is 40.3 Å². The Kier molecular flexibility index (Phi) is 6.42. The first kappa shape index (κ1) is 23.8. The molecular weight excluding hydrogens is 469 g/mol. The first-order valence-corrected chi connectivity index (χ1v) is 11.7. The monoisotopic (exact) mass is 493 g/mol. The number of imidazole rings is 1. The number of pyridine rings is 1. The van der Waals surface area contributed by atoms with Gasteiger partial charge in [-0.2, -0.15) is 5.10 Å². The zero-order chi connectivity index (χ0) is 25.9. The largest absolute Gasteiger partial charge is 0.336 e. The molecule has 8 nitrogen and oxygen atoms in total. The minimum Gasteiger partial charge on any atom is -0.336 e. The van der Waals surface area contributed by atoms with Crippen molar-refractivity contribution in [3.05, 3.63) is 84.1 Å². The Hall–Kier alpha value is -4.92. The van der Waals surface area contributed by atoms with E-state index in [0.29, 0.717) is 45.9 Å². The third-order valence-corrected chi connectivity index (χ3v) is 5.84. The molecule has 9 heteroatoms. The molecule has 1 amide bonds. The first-order chi connectivity index (χ1) is 18.0. The lowest BCUT2D eigenvalue weighted by Gasteiger charge is -2.06. The van der Waals surface area contributed by atoms with Crippen LogP contribution in [0.25, 0.3) is 50.3 Å². The van der Waals surface area contributed by atoms with E-state index in [4.69, 9.17) is 9.97 Å². The normalized spacial score (nSPS) is 12.3. The lowest BCUT2D eigenvalue weighted by molar-refractivity contribution is -0.120. The number of amides is 1. The van der Waals surface area contributed by atoms with E-state index in [1.165, 1.54) is 12.1 Å². The van der Waals surface area contributed by atoms with Crippen molar-refractivity contribution in [1.29, 1.82) is 0 Å². The number of rotatable bonds is 7. The van der Waals surface area contributed by atoms with Gasteiger partial charge in [0.1, 0.15) is 11.3 Å². The smallest absolute Gasteiger partial charge is 0.223 e. The minimum atomic E-state index is -0.309. The molecule has 184 valence electrons. The number of allylic oxidation sites excluding steroid dienone is 3. The Bertz CT molecular complexity index is 1710. The van der Waals surface area contributed by atoms with Crippen LogP contribution in [0.4, 0.5) is 4.39 Å². The number of nitrogens with zero attached hydrogens (tertiary/aromatic N) is 4. The number of H-pyrrole nitrogens is 2. The van der Waals surface area contributed by atoms with E-state index >= 15 is 0 Å². The van der Waals surface area contributed by atoms with Gasteiger partial charge in [0.15, 0.2) is 11.5 Å². The third-order valence-electron chi connectivity index (χ3n) is 5.84. The molecule has 0 saturated carbocycles. The van der Waals surface area contributed by atoms with Gasteiger partial charge in [-0.05, 0) is 55.6 Å². The van der Waals surface area contributed by atoms with Crippen LogP contribution in [0.15, 0.2) is 77.6 Å². The third kappa shape index (κ3) is 4.79. The van der Waals surface area contributed by atoms with Crippen molar-refractivity contribution in [1.82, 2.24) is 30.5 Å². The Morgan fingerprint density at radius 1 is 1.11 bits per heavy atom. The highest BCUT2D eigenvalue weighted by molar-refractivity contribution is 5.96.